The standard InChI is InChI=1S/C26H32N6O3/c1-16(2)34-21-12-17(18-13-28-31(5)15-18)10-11-20(21)29-25-27-14-22-23(30-25)32(19-8-6-7-9-19)24(33)26(3,4)35-22/h10-16,19H,6-9H2,1-5H3,(H,27,29,30). The summed E-state index contributed by atoms with van der Waals surface area (Å²) in [7, 11) is 1.89. The molecule has 5 rings (SSSR count). The van der Waals surface area contributed by atoms with Crippen LogP contribution in [-0.4, -0.2) is 43.4 Å². The van der Waals surface area contributed by atoms with E-state index in [1.807, 2.05) is 56.4 Å². The summed E-state index contributed by atoms with van der Waals surface area (Å²) in [6.45, 7) is 7.57. The molecule has 35 heavy (non-hydrogen) atoms. The van der Waals surface area contributed by atoms with Crippen LogP contribution in [0.15, 0.2) is 36.8 Å². The highest BCUT2D eigenvalue weighted by molar-refractivity contribution is 6.02. The third kappa shape index (κ3) is 4.54. The Morgan fingerprint density at radius 1 is 1.17 bits per heavy atom. The second-order valence-electron chi connectivity index (χ2n) is 10.0. The van der Waals surface area contributed by atoms with Gasteiger partial charge in [-0.3, -0.25) is 14.4 Å². The number of carbonyl (C=O) groups is 1. The van der Waals surface area contributed by atoms with Crippen molar-refractivity contribution >= 4 is 23.4 Å². The van der Waals surface area contributed by atoms with Crippen LogP contribution in [0.3, 0.4) is 0 Å². The number of aryl methyl sites for hydroxylation is 1. The Kier molecular flexibility index (Phi) is 5.86. The molecule has 0 spiro atoms. The van der Waals surface area contributed by atoms with Crippen molar-refractivity contribution < 1.29 is 14.3 Å². The minimum atomic E-state index is -0.950. The molecule has 0 atom stereocenters. The molecule has 1 aromatic carbocycles. The zero-order valence-corrected chi connectivity index (χ0v) is 20.9. The van der Waals surface area contributed by atoms with Gasteiger partial charge in [0, 0.05) is 24.8 Å². The van der Waals surface area contributed by atoms with E-state index in [0.29, 0.717) is 23.3 Å². The van der Waals surface area contributed by atoms with Gasteiger partial charge in [-0.2, -0.15) is 10.1 Å². The average molecular weight is 477 g/mol. The van der Waals surface area contributed by atoms with Gasteiger partial charge in [-0.15, -0.1) is 0 Å². The number of amides is 1. The summed E-state index contributed by atoms with van der Waals surface area (Å²) < 4.78 is 13.9. The van der Waals surface area contributed by atoms with E-state index < -0.39 is 5.60 Å². The lowest BCUT2D eigenvalue weighted by Crippen LogP contribution is -2.55. The fraction of sp³-hybridized carbons (Fsp3) is 0.462. The van der Waals surface area contributed by atoms with Crippen molar-refractivity contribution in [1.29, 1.82) is 0 Å². The molecular weight excluding hydrogens is 444 g/mol. The molecule has 9 nitrogen and oxygen atoms in total. The van der Waals surface area contributed by atoms with E-state index in [2.05, 4.69) is 15.4 Å². The number of fused-ring (bicyclic) bond motifs is 1. The number of anilines is 3. The Balaban J connectivity index is 1.49. The number of ether oxygens (including phenoxy) is 2. The van der Waals surface area contributed by atoms with Crippen LogP contribution in [0.1, 0.15) is 53.4 Å². The lowest BCUT2D eigenvalue weighted by Gasteiger charge is -2.40. The van der Waals surface area contributed by atoms with Gasteiger partial charge in [0.15, 0.2) is 17.2 Å². The van der Waals surface area contributed by atoms with Gasteiger partial charge < -0.3 is 14.8 Å². The Hall–Kier alpha value is -3.62. The van der Waals surface area contributed by atoms with Crippen LogP contribution in [-0.2, 0) is 11.8 Å². The summed E-state index contributed by atoms with van der Waals surface area (Å²) in [6, 6.07) is 6.07. The molecule has 0 radical (unpaired) electrons. The van der Waals surface area contributed by atoms with Gasteiger partial charge in [-0.1, -0.05) is 18.9 Å². The Bertz CT molecular complexity index is 1250. The van der Waals surface area contributed by atoms with E-state index in [4.69, 9.17) is 14.5 Å². The Morgan fingerprint density at radius 2 is 1.94 bits per heavy atom. The van der Waals surface area contributed by atoms with Crippen LogP contribution in [0.2, 0.25) is 0 Å². The van der Waals surface area contributed by atoms with Crippen molar-refractivity contribution in [2.45, 2.75) is 71.1 Å². The van der Waals surface area contributed by atoms with Crippen LogP contribution in [0.5, 0.6) is 11.5 Å². The van der Waals surface area contributed by atoms with Crippen molar-refractivity contribution in [3.63, 3.8) is 0 Å². The van der Waals surface area contributed by atoms with Crippen molar-refractivity contribution in [3.8, 4) is 22.6 Å². The van der Waals surface area contributed by atoms with E-state index in [0.717, 1.165) is 42.5 Å². The van der Waals surface area contributed by atoms with E-state index in [9.17, 15) is 4.79 Å². The van der Waals surface area contributed by atoms with E-state index in [-0.39, 0.29) is 18.1 Å². The van der Waals surface area contributed by atoms with Gasteiger partial charge in [-0.05, 0) is 58.2 Å². The molecule has 1 amide bonds. The molecule has 1 N–H and O–H groups in total. The van der Waals surface area contributed by atoms with Gasteiger partial charge in [-0.25, -0.2) is 4.98 Å². The number of benzene rings is 1. The second kappa shape index (κ2) is 8.87. The van der Waals surface area contributed by atoms with Crippen LogP contribution < -0.4 is 19.7 Å². The molecule has 1 aliphatic heterocycles. The lowest BCUT2D eigenvalue weighted by atomic mass is 10.0. The van der Waals surface area contributed by atoms with Crippen molar-refractivity contribution in [3.05, 3.63) is 36.8 Å². The van der Waals surface area contributed by atoms with E-state index in [1.54, 1.807) is 24.7 Å². The highest BCUT2D eigenvalue weighted by atomic mass is 16.5. The van der Waals surface area contributed by atoms with E-state index in [1.165, 1.54) is 0 Å². The summed E-state index contributed by atoms with van der Waals surface area (Å²) in [5, 5.41) is 7.56. The zero-order valence-electron chi connectivity index (χ0n) is 20.9. The topological polar surface area (TPSA) is 94.4 Å². The normalized spacial score (nSPS) is 17.4. The third-order valence-corrected chi connectivity index (χ3v) is 6.38. The molecule has 3 heterocycles. The summed E-state index contributed by atoms with van der Waals surface area (Å²) >= 11 is 0. The number of hydrogen-bond acceptors (Lipinski definition) is 7. The maximum atomic E-state index is 13.3. The minimum absolute atomic E-state index is 0.0183. The molecule has 1 aliphatic carbocycles. The summed E-state index contributed by atoms with van der Waals surface area (Å²) in [6.07, 6.45) is 9.57. The van der Waals surface area contributed by atoms with Gasteiger partial charge >= 0.3 is 0 Å². The first-order chi connectivity index (χ1) is 16.7. The number of nitrogens with one attached hydrogen (secondary N) is 1. The van der Waals surface area contributed by atoms with Crippen LogP contribution in [0.25, 0.3) is 11.1 Å². The average Bonchev–Trinajstić information content (AvgIpc) is 3.48. The summed E-state index contributed by atoms with van der Waals surface area (Å²) in [5.41, 5.74) is 1.79. The summed E-state index contributed by atoms with van der Waals surface area (Å²) in [5.74, 6) is 2.05. The Morgan fingerprint density at radius 3 is 2.63 bits per heavy atom. The Labute approximate surface area is 205 Å². The molecule has 0 saturated heterocycles. The molecule has 1 fully saturated rings. The van der Waals surface area contributed by atoms with Crippen molar-refractivity contribution in [2.75, 3.05) is 10.2 Å². The number of rotatable bonds is 6. The van der Waals surface area contributed by atoms with Gasteiger partial charge in [0.2, 0.25) is 5.95 Å². The van der Waals surface area contributed by atoms with Gasteiger partial charge in [0.1, 0.15) is 5.75 Å². The highest BCUT2D eigenvalue weighted by Gasteiger charge is 2.45. The smallest absolute Gasteiger partial charge is 0.272 e. The zero-order chi connectivity index (χ0) is 24.7. The quantitative estimate of drug-likeness (QED) is 0.543. The minimum Gasteiger partial charge on any atom is -0.489 e. The molecule has 1 saturated carbocycles. The van der Waals surface area contributed by atoms with Gasteiger partial charge in [0.05, 0.1) is 24.2 Å². The SMILES string of the molecule is CC(C)Oc1cc(-c2cnn(C)c2)ccc1Nc1ncc2c(n1)N(C1CCCC1)C(=O)C(C)(C)O2. The van der Waals surface area contributed by atoms with Crippen molar-refractivity contribution in [1.82, 2.24) is 19.7 Å². The monoisotopic (exact) mass is 476 g/mol. The predicted molar refractivity (Wildman–Crippen MR) is 134 cm³/mol. The largest absolute Gasteiger partial charge is 0.489 e. The molecule has 0 bridgehead atoms. The molecule has 184 valence electrons. The number of carbonyl (C=O) groups excluding carboxylic acids is 1. The molecule has 2 aromatic heterocycles. The first-order valence-corrected chi connectivity index (χ1v) is 12.2. The number of nitrogens with zero attached hydrogens (tertiary/aromatic N) is 5. The first-order valence-electron chi connectivity index (χ1n) is 12.2. The predicted octanol–water partition coefficient (Wildman–Crippen LogP) is 4.85. The second-order valence-corrected chi connectivity index (χ2v) is 10.0. The molecule has 9 heteroatoms. The molecule has 2 aliphatic rings. The number of hydrogen-bond donors (Lipinski definition) is 1. The summed E-state index contributed by atoms with van der Waals surface area (Å²) in [4.78, 5) is 24.4. The lowest BCUT2D eigenvalue weighted by molar-refractivity contribution is -0.133. The maximum Gasteiger partial charge on any atom is 0.272 e. The van der Waals surface area contributed by atoms with Gasteiger partial charge in [0.25, 0.3) is 5.91 Å². The fourth-order valence-electron chi connectivity index (χ4n) is 4.72. The maximum absolute atomic E-state index is 13.3. The third-order valence-electron chi connectivity index (χ3n) is 6.38. The number of aromatic nitrogens is 4. The van der Waals surface area contributed by atoms with Crippen molar-refractivity contribution in [2.24, 2.45) is 7.05 Å². The highest BCUT2D eigenvalue weighted by Crippen LogP contribution is 2.41. The van der Waals surface area contributed by atoms with E-state index >= 15 is 0 Å². The van der Waals surface area contributed by atoms with Crippen LogP contribution in [0.4, 0.5) is 17.5 Å². The molecule has 3 aromatic rings. The molecular formula is C26H32N6O3. The first kappa shape index (κ1) is 23.1. The van der Waals surface area contributed by atoms with Crippen LogP contribution >= 0.6 is 0 Å². The molecule has 0 unspecified atom stereocenters. The van der Waals surface area contributed by atoms with Crippen LogP contribution in [0, 0.1) is 0 Å². The fourth-order valence-corrected chi connectivity index (χ4v) is 4.72.